The highest BCUT2D eigenvalue weighted by molar-refractivity contribution is 5.78. The highest BCUT2D eigenvalue weighted by Gasteiger charge is 2.26. The van der Waals surface area contributed by atoms with Crippen LogP contribution in [-0.2, 0) is 4.79 Å². The summed E-state index contributed by atoms with van der Waals surface area (Å²) >= 11 is 0. The molecular weight excluding hydrogens is 112 g/mol. The summed E-state index contributed by atoms with van der Waals surface area (Å²) in [5.74, 6) is 1.44. The van der Waals surface area contributed by atoms with Crippen LogP contribution in [0.1, 0.15) is 33.1 Å². The molecule has 0 spiro atoms. The van der Waals surface area contributed by atoms with E-state index < -0.39 is 0 Å². The first kappa shape index (κ1) is 6.79. The van der Waals surface area contributed by atoms with E-state index in [0.29, 0.717) is 17.6 Å². The van der Waals surface area contributed by atoms with E-state index in [-0.39, 0.29) is 0 Å². The summed E-state index contributed by atoms with van der Waals surface area (Å²) in [6.07, 6.45) is 3.64. The van der Waals surface area contributed by atoms with Gasteiger partial charge >= 0.3 is 0 Å². The number of hydrogen-bond donors (Lipinski definition) is 0. The fourth-order valence-electron chi connectivity index (χ4n) is 1.75. The lowest BCUT2D eigenvalue weighted by Gasteiger charge is -2.09. The number of hydrogen-bond acceptors (Lipinski definition) is 1. The van der Waals surface area contributed by atoms with Gasteiger partial charge in [-0.15, -0.1) is 0 Å². The molecule has 0 bridgehead atoms. The van der Waals surface area contributed by atoms with Crippen molar-refractivity contribution in [1.82, 2.24) is 0 Å². The molecule has 0 heterocycles. The van der Waals surface area contributed by atoms with Crippen LogP contribution in [0.3, 0.4) is 0 Å². The van der Waals surface area contributed by atoms with Gasteiger partial charge in [-0.3, -0.25) is 4.79 Å². The second-order valence-electron chi connectivity index (χ2n) is 3.13. The molecule has 0 N–H and O–H groups in total. The van der Waals surface area contributed by atoms with E-state index in [2.05, 4.69) is 6.92 Å². The Morgan fingerprint density at radius 3 is 2.33 bits per heavy atom. The van der Waals surface area contributed by atoms with E-state index in [1.807, 2.05) is 0 Å². The zero-order valence-electron chi connectivity index (χ0n) is 6.18. The van der Waals surface area contributed by atoms with E-state index in [0.717, 1.165) is 6.42 Å². The molecule has 0 aromatic carbocycles. The van der Waals surface area contributed by atoms with Crippen molar-refractivity contribution < 1.29 is 4.79 Å². The van der Waals surface area contributed by atoms with E-state index >= 15 is 0 Å². The van der Waals surface area contributed by atoms with Gasteiger partial charge in [0.2, 0.25) is 0 Å². The first-order valence-electron chi connectivity index (χ1n) is 3.72. The molecule has 1 saturated carbocycles. The third-order valence-corrected chi connectivity index (χ3v) is 2.38. The second kappa shape index (κ2) is 2.51. The molecule has 0 aliphatic heterocycles. The molecule has 0 aromatic rings. The van der Waals surface area contributed by atoms with Gasteiger partial charge in [-0.2, -0.15) is 0 Å². The predicted molar refractivity (Wildman–Crippen MR) is 37.2 cm³/mol. The third kappa shape index (κ3) is 1.32. The fraction of sp³-hybridized carbons (Fsp3) is 0.875. The van der Waals surface area contributed by atoms with E-state index in [4.69, 9.17) is 0 Å². The van der Waals surface area contributed by atoms with Gasteiger partial charge < -0.3 is 0 Å². The SMILES string of the molecule is CC(=O)[C@@H]1CCC[C@H]1C. The van der Waals surface area contributed by atoms with E-state index in [1.165, 1.54) is 12.8 Å². The van der Waals surface area contributed by atoms with Crippen molar-refractivity contribution in [2.24, 2.45) is 11.8 Å². The quantitative estimate of drug-likeness (QED) is 0.525. The predicted octanol–water partition coefficient (Wildman–Crippen LogP) is 2.01. The van der Waals surface area contributed by atoms with Crippen LogP contribution in [0.15, 0.2) is 0 Å². The maximum Gasteiger partial charge on any atom is 0.133 e. The molecule has 0 radical (unpaired) electrons. The Labute approximate surface area is 56.4 Å². The molecule has 9 heavy (non-hydrogen) atoms. The van der Waals surface area contributed by atoms with Crippen molar-refractivity contribution in [3.8, 4) is 0 Å². The average Bonchev–Trinajstić information content (AvgIpc) is 2.13. The Morgan fingerprint density at radius 2 is 2.11 bits per heavy atom. The molecule has 52 valence electrons. The minimum Gasteiger partial charge on any atom is -0.300 e. The Morgan fingerprint density at radius 1 is 1.44 bits per heavy atom. The van der Waals surface area contributed by atoms with Crippen LogP contribution in [0.2, 0.25) is 0 Å². The van der Waals surface area contributed by atoms with Gasteiger partial charge in [0.1, 0.15) is 5.78 Å². The molecule has 0 saturated heterocycles. The average molecular weight is 126 g/mol. The first-order chi connectivity index (χ1) is 4.22. The summed E-state index contributed by atoms with van der Waals surface area (Å²) in [5, 5.41) is 0. The Bertz CT molecular complexity index is 118. The smallest absolute Gasteiger partial charge is 0.133 e. The van der Waals surface area contributed by atoms with Crippen LogP contribution < -0.4 is 0 Å². The van der Waals surface area contributed by atoms with Gasteiger partial charge in [-0.1, -0.05) is 13.3 Å². The zero-order chi connectivity index (χ0) is 6.85. The van der Waals surface area contributed by atoms with Crippen molar-refractivity contribution in [2.45, 2.75) is 33.1 Å². The van der Waals surface area contributed by atoms with E-state index in [9.17, 15) is 4.79 Å². The monoisotopic (exact) mass is 126 g/mol. The van der Waals surface area contributed by atoms with Crippen molar-refractivity contribution in [3.63, 3.8) is 0 Å². The van der Waals surface area contributed by atoms with Crippen molar-refractivity contribution in [1.29, 1.82) is 0 Å². The van der Waals surface area contributed by atoms with Crippen molar-refractivity contribution in [2.75, 3.05) is 0 Å². The molecule has 0 amide bonds. The largest absolute Gasteiger partial charge is 0.300 e. The lowest BCUT2D eigenvalue weighted by atomic mass is 9.95. The maximum absolute atomic E-state index is 10.9. The van der Waals surface area contributed by atoms with Gasteiger partial charge in [0.25, 0.3) is 0 Å². The number of rotatable bonds is 1. The minimum atomic E-state index is 0.389. The second-order valence-corrected chi connectivity index (χ2v) is 3.13. The summed E-state index contributed by atoms with van der Waals surface area (Å²) in [4.78, 5) is 10.9. The topological polar surface area (TPSA) is 17.1 Å². The highest BCUT2D eigenvalue weighted by atomic mass is 16.1. The molecule has 1 fully saturated rings. The van der Waals surface area contributed by atoms with Gasteiger partial charge in [0.15, 0.2) is 0 Å². The molecule has 1 aliphatic rings. The molecule has 0 unspecified atom stereocenters. The molecule has 1 rings (SSSR count). The van der Waals surface area contributed by atoms with Crippen LogP contribution in [-0.4, -0.2) is 5.78 Å². The van der Waals surface area contributed by atoms with Gasteiger partial charge in [-0.25, -0.2) is 0 Å². The molecule has 1 nitrogen and oxygen atoms in total. The van der Waals surface area contributed by atoms with Crippen molar-refractivity contribution >= 4 is 5.78 Å². The lowest BCUT2D eigenvalue weighted by Crippen LogP contribution is -2.12. The Hall–Kier alpha value is -0.330. The van der Waals surface area contributed by atoms with E-state index in [1.54, 1.807) is 6.92 Å². The molecule has 0 aromatic heterocycles. The summed E-state index contributed by atoms with van der Waals surface area (Å²) in [5.41, 5.74) is 0. The number of Topliss-reactive ketones (excluding diaryl/α,β-unsaturated/α-hetero) is 1. The maximum atomic E-state index is 10.9. The zero-order valence-corrected chi connectivity index (χ0v) is 6.18. The number of carbonyl (C=O) groups is 1. The van der Waals surface area contributed by atoms with Crippen LogP contribution >= 0.6 is 0 Å². The Balaban J connectivity index is 2.49. The highest BCUT2D eigenvalue weighted by Crippen LogP contribution is 2.31. The third-order valence-electron chi connectivity index (χ3n) is 2.38. The van der Waals surface area contributed by atoms with Gasteiger partial charge in [0.05, 0.1) is 0 Å². The number of carbonyl (C=O) groups excluding carboxylic acids is 1. The fourth-order valence-corrected chi connectivity index (χ4v) is 1.75. The Kier molecular flexibility index (Phi) is 1.89. The van der Waals surface area contributed by atoms with Crippen LogP contribution in [0, 0.1) is 11.8 Å². The van der Waals surface area contributed by atoms with Crippen LogP contribution in [0.25, 0.3) is 0 Å². The number of ketones is 1. The van der Waals surface area contributed by atoms with Gasteiger partial charge in [-0.05, 0) is 25.7 Å². The van der Waals surface area contributed by atoms with Crippen LogP contribution in [0.4, 0.5) is 0 Å². The molecule has 1 heteroatoms. The van der Waals surface area contributed by atoms with Crippen molar-refractivity contribution in [3.05, 3.63) is 0 Å². The molecule has 2 atom stereocenters. The minimum absolute atomic E-state index is 0.389. The standard InChI is InChI=1S/C8H14O/c1-6-4-3-5-8(6)7(2)9/h6,8H,3-5H2,1-2H3/t6-,8-/m1/s1. The molecule has 1 aliphatic carbocycles. The van der Waals surface area contributed by atoms with Gasteiger partial charge in [0, 0.05) is 5.92 Å². The summed E-state index contributed by atoms with van der Waals surface area (Å²) < 4.78 is 0. The lowest BCUT2D eigenvalue weighted by molar-refractivity contribution is -0.121. The molecular formula is C8H14O. The summed E-state index contributed by atoms with van der Waals surface area (Å²) in [7, 11) is 0. The first-order valence-corrected chi connectivity index (χ1v) is 3.72. The van der Waals surface area contributed by atoms with Crippen LogP contribution in [0.5, 0.6) is 0 Å². The summed E-state index contributed by atoms with van der Waals surface area (Å²) in [6.45, 7) is 3.89. The normalized spacial score (nSPS) is 34.9. The summed E-state index contributed by atoms with van der Waals surface area (Å²) in [6, 6.07) is 0.